The lowest BCUT2D eigenvalue weighted by Gasteiger charge is -2.36. The van der Waals surface area contributed by atoms with E-state index >= 15 is 0 Å². The van der Waals surface area contributed by atoms with Gasteiger partial charge in [0.25, 0.3) is 0 Å². The number of carbonyl (C=O) groups is 3. The number of anilines is 1. The van der Waals surface area contributed by atoms with Crippen LogP contribution in [0.1, 0.15) is 22.0 Å². The lowest BCUT2D eigenvalue weighted by Crippen LogP contribution is -2.40. The Morgan fingerprint density at radius 3 is 2.21 bits per heavy atom. The molecule has 2 aromatic carbocycles. The fourth-order valence-corrected chi connectivity index (χ4v) is 4.28. The largest absolute Gasteiger partial charge is 0.466 e. The normalized spacial score (nSPS) is 15.1. The van der Waals surface area contributed by atoms with Crippen LogP contribution < -0.4 is 10.6 Å². The predicted molar refractivity (Wildman–Crippen MR) is 135 cm³/mol. The van der Waals surface area contributed by atoms with Crippen LogP contribution in [0.4, 0.5) is 5.69 Å². The number of esters is 3. The number of nitriles is 1. The molecule has 0 saturated heterocycles. The van der Waals surface area contributed by atoms with Crippen molar-refractivity contribution in [3.05, 3.63) is 101 Å². The molecule has 10 nitrogen and oxygen atoms in total. The maximum atomic E-state index is 13.2. The fraction of sp³-hybridized carbons (Fsp3) is 0.143. The van der Waals surface area contributed by atoms with E-state index in [1.165, 1.54) is 32.3 Å². The van der Waals surface area contributed by atoms with Gasteiger partial charge in [0.2, 0.25) is 5.76 Å². The smallest absolute Gasteiger partial charge is 0.373 e. The summed E-state index contributed by atoms with van der Waals surface area (Å²) in [6, 6.07) is 20.5. The van der Waals surface area contributed by atoms with Crippen LogP contribution >= 0.6 is 0 Å². The lowest BCUT2D eigenvalue weighted by atomic mass is 9.81. The van der Waals surface area contributed by atoms with Crippen LogP contribution in [-0.4, -0.2) is 39.2 Å². The van der Waals surface area contributed by atoms with Crippen LogP contribution in [0.5, 0.6) is 0 Å². The van der Waals surface area contributed by atoms with E-state index in [1.807, 2.05) is 0 Å². The maximum absolute atomic E-state index is 13.2. The molecule has 0 amide bonds. The second kappa shape index (κ2) is 10.8. The van der Waals surface area contributed by atoms with E-state index < -0.39 is 23.8 Å². The predicted octanol–water partition coefficient (Wildman–Crippen LogP) is 3.63. The van der Waals surface area contributed by atoms with Crippen LogP contribution in [-0.2, 0) is 23.8 Å². The molecule has 0 fully saturated rings. The van der Waals surface area contributed by atoms with Gasteiger partial charge in [-0.2, -0.15) is 5.26 Å². The molecule has 1 aromatic heterocycles. The number of benzene rings is 2. The molecular weight excluding hydrogens is 490 g/mol. The van der Waals surface area contributed by atoms with E-state index in [1.54, 1.807) is 60.7 Å². The summed E-state index contributed by atoms with van der Waals surface area (Å²) in [6.45, 7) is 0. The van der Waals surface area contributed by atoms with E-state index in [2.05, 4.69) is 6.07 Å². The van der Waals surface area contributed by atoms with Crippen LogP contribution in [0.3, 0.4) is 0 Å². The second-order valence-electron chi connectivity index (χ2n) is 8.04. The summed E-state index contributed by atoms with van der Waals surface area (Å²) in [5.41, 5.74) is 7.70. The Labute approximate surface area is 218 Å². The van der Waals surface area contributed by atoms with Gasteiger partial charge in [0.15, 0.2) is 0 Å². The van der Waals surface area contributed by atoms with Gasteiger partial charge < -0.3 is 24.4 Å². The minimum absolute atomic E-state index is 0.00544. The molecule has 0 spiro atoms. The molecule has 0 bridgehead atoms. The highest BCUT2D eigenvalue weighted by atomic mass is 16.5. The van der Waals surface area contributed by atoms with Gasteiger partial charge in [0.1, 0.15) is 17.3 Å². The summed E-state index contributed by atoms with van der Waals surface area (Å²) in [4.78, 5) is 39.5. The average molecular weight is 514 g/mol. The van der Waals surface area contributed by atoms with Crippen molar-refractivity contribution in [2.45, 2.75) is 5.92 Å². The van der Waals surface area contributed by atoms with Gasteiger partial charge in [-0.25, -0.2) is 14.4 Å². The number of furan rings is 1. The van der Waals surface area contributed by atoms with E-state index in [0.29, 0.717) is 22.6 Å². The molecule has 2 heterocycles. The number of methoxy groups -OCH3 is 3. The molecule has 3 aromatic rings. The minimum Gasteiger partial charge on any atom is -0.466 e. The summed E-state index contributed by atoms with van der Waals surface area (Å²) in [5, 5.41) is 10.2. The number of nitrogens with two attached hydrogens (primary N) is 1. The first-order chi connectivity index (χ1) is 18.4. The topological polar surface area (TPSA) is 145 Å². The molecule has 0 saturated carbocycles. The fourth-order valence-electron chi connectivity index (χ4n) is 4.28. The number of allylic oxidation sites excluding steroid dienone is 1. The molecule has 1 aliphatic rings. The molecule has 38 heavy (non-hydrogen) atoms. The summed E-state index contributed by atoms with van der Waals surface area (Å²) < 4.78 is 20.4. The van der Waals surface area contributed by atoms with E-state index in [0.717, 1.165) is 0 Å². The highest BCUT2D eigenvalue weighted by Gasteiger charge is 2.43. The summed E-state index contributed by atoms with van der Waals surface area (Å²) in [5.74, 6) is -3.02. The monoisotopic (exact) mass is 513 g/mol. The van der Waals surface area contributed by atoms with Gasteiger partial charge in [-0.3, -0.25) is 4.90 Å². The van der Waals surface area contributed by atoms with Gasteiger partial charge in [-0.15, -0.1) is 0 Å². The van der Waals surface area contributed by atoms with Crippen molar-refractivity contribution in [1.82, 2.24) is 0 Å². The van der Waals surface area contributed by atoms with Gasteiger partial charge in [0, 0.05) is 11.3 Å². The molecule has 1 aliphatic heterocycles. The van der Waals surface area contributed by atoms with Crippen molar-refractivity contribution in [2.75, 3.05) is 26.2 Å². The number of hydrogen-bond acceptors (Lipinski definition) is 10. The number of ether oxygens (including phenoxy) is 3. The number of hydrogen-bond donors (Lipinski definition) is 1. The van der Waals surface area contributed by atoms with Crippen LogP contribution in [0.2, 0.25) is 0 Å². The van der Waals surface area contributed by atoms with Crippen molar-refractivity contribution in [3.63, 3.8) is 0 Å². The van der Waals surface area contributed by atoms with E-state index in [-0.39, 0.29) is 28.4 Å². The standard InChI is InChI=1S/C28H23N3O7/c1-35-26(32)21-13-12-20(38-21)17-10-7-11-18(14-17)31-24(28(34)37-3)23(27(33)36-2)22(19(15-29)25(31)30)16-8-5-4-6-9-16/h4-14,22H,30H2,1-3H3. The lowest BCUT2D eigenvalue weighted by molar-refractivity contribution is -0.139. The summed E-state index contributed by atoms with van der Waals surface area (Å²) in [6.07, 6.45) is 0. The van der Waals surface area contributed by atoms with Gasteiger partial charge in [-0.1, -0.05) is 42.5 Å². The Kier molecular flexibility index (Phi) is 7.30. The Hall–Kier alpha value is -5.30. The summed E-state index contributed by atoms with van der Waals surface area (Å²) >= 11 is 0. The number of rotatable bonds is 6. The second-order valence-corrected chi connectivity index (χ2v) is 8.04. The number of carbonyl (C=O) groups excluding carboxylic acids is 3. The van der Waals surface area contributed by atoms with Crippen molar-refractivity contribution in [3.8, 4) is 17.4 Å². The Balaban J connectivity index is 1.96. The van der Waals surface area contributed by atoms with Crippen molar-refractivity contribution < 1.29 is 33.0 Å². The zero-order valence-electron chi connectivity index (χ0n) is 20.8. The van der Waals surface area contributed by atoms with E-state index in [4.69, 9.17) is 24.4 Å². The SMILES string of the molecule is COC(=O)C1=C(C(=O)OC)N(c2cccc(-c3ccc(C(=O)OC)o3)c2)C(N)=C(C#N)C1c1ccccc1. The van der Waals surface area contributed by atoms with Crippen molar-refractivity contribution in [2.24, 2.45) is 5.73 Å². The maximum Gasteiger partial charge on any atom is 0.373 e. The van der Waals surface area contributed by atoms with Crippen molar-refractivity contribution >= 4 is 23.6 Å². The Morgan fingerprint density at radius 1 is 0.895 bits per heavy atom. The van der Waals surface area contributed by atoms with Crippen LogP contribution in [0, 0.1) is 11.3 Å². The first-order valence-corrected chi connectivity index (χ1v) is 11.3. The summed E-state index contributed by atoms with van der Waals surface area (Å²) in [7, 11) is 3.60. The Bertz CT molecular complexity index is 1510. The van der Waals surface area contributed by atoms with Gasteiger partial charge in [0.05, 0.1) is 44.5 Å². The minimum atomic E-state index is -0.977. The van der Waals surface area contributed by atoms with Crippen LogP contribution in [0.25, 0.3) is 11.3 Å². The molecule has 2 N–H and O–H groups in total. The third kappa shape index (κ3) is 4.49. The Morgan fingerprint density at radius 2 is 1.58 bits per heavy atom. The molecule has 0 radical (unpaired) electrons. The van der Waals surface area contributed by atoms with Crippen molar-refractivity contribution in [1.29, 1.82) is 5.26 Å². The number of nitrogens with zero attached hydrogens (tertiary/aromatic N) is 2. The van der Waals surface area contributed by atoms with Gasteiger partial charge >= 0.3 is 17.9 Å². The first kappa shape index (κ1) is 25.8. The van der Waals surface area contributed by atoms with Gasteiger partial charge in [-0.05, 0) is 29.8 Å². The molecule has 4 rings (SSSR count). The average Bonchev–Trinajstić information content (AvgIpc) is 3.46. The molecular formula is C28H23N3O7. The highest BCUT2D eigenvalue weighted by molar-refractivity contribution is 6.06. The zero-order valence-corrected chi connectivity index (χ0v) is 20.8. The highest BCUT2D eigenvalue weighted by Crippen LogP contribution is 2.43. The molecule has 1 atom stereocenters. The van der Waals surface area contributed by atoms with E-state index in [9.17, 15) is 19.6 Å². The third-order valence-electron chi connectivity index (χ3n) is 5.99. The molecule has 1 unspecified atom stereocenters. The molecule has 0 aliphatic carbocycles. The van der Waals surface area contributed by atoms with Crippen LogP contribution in [0.15, 0.2) is 93.8 Å². The molecule has 192 valence electrons. The molecule has 10 heteroatoms. The quantitative estimate of drug-likeness (QED) is 0.383. The third-order valence-corrected chi connectivity index (χ3v) is 5.99. The first-order valence-electron chi connectivity index (χ1n) is 11.3. The zero-order chi connectivity index (χ0) is 27.4.